The summed E-state index contributed by atoms with van der Waals surface area (Å²) < 4.78 is 36.3. The van der Waals surface area contributed by atoms with Crippen LogP contribution < -0.4 is 0 Å². The summed E-state index contributed by atoms with van der Waals surface area (Å²) in [5.74, 6) is -1.13. The molecule has 0 radical (unpaired) electrons. The summed E-state index contributed by atoms with van der Waals surface area (Å²) in [4.78, 5) is 0. The first-order valence-electron chi connectivity index (χ1n) is 4.06. The second-order valence-corrected chi connectivity index (χ2v) is 6.65. The third-order valence-electron chi connectivity index (χ3n) is 1.89. The van der Waals surface area contributed by atoms with Crippen LogP contribution in [0.5, 0.6) is 0 Å². The molecule has 0 spiro atoms. The fraction of sp³-hybridized carbons (Fsp3) is 1.00. The normalized spacial score (nSPS) is 21.2. The van der Waals surface area contributed by atoms with Gasteiger partial charge < -0.3 is 10.2 Å². The van der Waals surface area contributed by atoms with Crippen LogP contribution in [-0.2, 0) is 10.9 Å². The molecule has 1 rings (SSSR count). The van der Waals surface area contributed by atoms with Gasteiger partial charge in [0, 0.05) is 11.5 Å². The summed E-state index contributed by atoms with van der Waals surface area (Å²) in [6, 6.07) is 0. The summed E-state index contributed by atoms with van der Waals surface area (Å²) >= 11 is 1.69. The van der Waals surface area contributed by atoms with Crippen LogP contribution in [-0.4, -0.2) is 50.9 Å². The van der Waals surface area contributed by atoms with Crippen LogP contribution >= 0.6 is 11.8 Å². The van der Waals surface area contributed by atoms with E-state index < -0.39 is 28.6 Å². The molecule has 0 aromatic heterocycles. The van der Waals surface area contributed by atoms with Crippen LogP contribution in [0.15, 0.2) is 0 Å². The molecule has 7 heteroatoms. The van der Waals surface area contributed by atoms with Gasteiger partial charge in [-0.1, -0.05) is 0 Å². The largest absolute Gasteiger partial charge is 0.448 e. The van der Waals surface area contributed by atoms with Gasteiger partial charge in [-0.2, -0.15) is 24.9 Å². The number of rotatable bonds is 2. The molecule has 2 nitrogen and oxygen atoms in total. The lowest BCUT2D eigenvalue weighted by Gasteiger charge is -2.25. The Balaban J connectivity index is 2.49. The van der Waals surface area contributed by atoms with Gasteiger partial charge in [-0.25, -0.2) is 0 Å². The molecule has 0 amide bonds. The van der Waals surface area contributed by atoms with Crippen LogP contribution in [0, 0.1) is 0 Å². The van der Waals surface area contributed by atoms with Gasteiger partial charge in [0.2, 0.25) is 0 Å². The number of halogens is 3. The Morgan fingerprint density at radius 2 is 1.64 bits per heavy atom. The number of thioether (sulfide) groups is 1. The van der Waals surface area contributed by atoms with Crippen LogP contribution in [0.4, 0.5) is 13.2 Å². The van der Waals surface area contributed by atoms with E-state index in [0.29, 0.717) is 11.5 Å². The molecule has 1 heterocycles. The van der Waals surface area contributed by atoms with Crippen molar-refractivity contribution in [2.45, 2.75) is 12.0 Å². The Morgan fingerprint density at radius 1 is 1.14 bits per heavy atom. The minimum atomic E-state index is -4.94. The van der Waals surface area contributed by atoms with E-state index in [9.17, 15) is 13.2 Å². The maximum Gasteiger partial charge on any atom is 0.448 e. The highest BCUT2D eigenvalue weighted by Gasteiger charge is 2.57. The molecule has 0 aromatic rings. The second-order valence-electron chi connectivity index (χ2n) is 3.09. The molecule has 1 aliphatic rings. The SMILES string of the molecule is OC(O)(C[S+]1CCSCC1)C(F)(F)F. The topological polar surface area (TPSA) is 40.5 Å². The molecule has 0 aromatic carbocycles. The molecule has 0 bridgehead atoms. The molecule has 0 unspecified atom stereocenters. The molecule has 0 aliphatic carbocycles. The smallest absolute Gasteiger partial charge is 0.355 e. The zero-order chi connectivity index (χ0) is 10.8. The first-order chi connectivity index (χ1) is 6.33. The van der Waals surface area contributed by atoms with Gasteiger partial charge in [-0.05, 0) is 10.9 Å². The molecule has 1 aliphatic heterocycles. The monoisotopic (exact) mass is 249 g/mol. The first-order valence-corrected chi connectivity index (χ1v) is 6.95. The van der Waals surface area contributed by atoms with Crippen molar-refractivity contribution >= 4 is 22.7 Å². The fourth-order valence-corrected chi connectivity index (χ4v) is 5.33. The van der Waals surface area contributed by atoms with E-state index in [0.717, 1.165) is 11.5 Å². The van der Waals surface area contributed by atoms with Crippen molar-refractivity contribution in [1.29, 1.82) is 0 Å². The standard InChI is InChI=1S/C7H12F3O2S2/c8-7(9,10)6(11,12)5-14-3-1-13-2-4-14/h11-12H,1-5H2/q+1. The molecular formula is C7H12F3O2S2+. The molecule has 1 saturated heterocycles. The Hall–Kier alpha value is 0.410. The molecule has 84 valence electrons. The van der Waals surface area contributed by atoms with Gasteiger partial charge in [0.1, 0.15) is 11.5 Å². The predicted octanol–water partition coefficient (Wildman–Crippen LogP) is 0.595. The average molecular weight is 249 g/mol. The number of aliphatic hydroxyl groups is 2. The first kappa shape index (κ1) is 12.5. The van der Waals surface area contributed by atoms with E-state index in [4.69, 9.17) is 10.2 Å². The van der Waals surface area contributed by atoms with E-state index in [1.807, 2.05) is 0 Å². The van der Waals surface area contributed by atoms with E-state index in [-0.39, 0.29) is 0 Å². The summed E-state index contributed by atoms with van der Waals surface area (Å²) in [5.41, 5.74) is 0. The predicted molar refractivity (Wildman–Crippen MR) is 52.5 cm³/mol. The molecular weight excluding hydrogens is 237 g/mol. The zero-order valence-electron chi connectivity index (χ0n) is 7.38. The maximum atomic E-state index is 12.1. The van der Waals surface area contributed by atoms with Crippen molar-refractivity contribution in [3.8, 4) is 0 Å². The molecule has 14 heavy (non-hydrogen) atoms. The second kappa shape index (κ2) is 4.51. The van der Waals surface area contributed by atoms with Crippen molar-refractivity contribution < 1.29 is 23.4 Å². The molecule has 0 atom stereocenters. The van der Waals surface area contributed by atoms with Gasteiger partial charge >= 0.3 is 12.0 Å². The third kappa shape index (κ3) is 3.22. The van der Waals surface area contributed by atoms with Gasteiger partial charge in [0.25, 0.3) is 0 Å². The lowest BCUT2D eigenvalue weighted by atomic mass is 10.3. The Kier molecular flexibility index (Phi) is 4.02. The van der Waals surface area contributed by atoms with Crippen LogP contribution in [0.2, 0.25) is 0 Å². The quantitative estimate of drug-likeness (QED) is 0.556. The highest BCUT2D eigenvalue weighted by atomic mass is 32.2. The maximum absolute atomic E-state index is 12.1. The lowest BCUT2D eigenvalue weighted by molar-refractivity contribution is -0.336. The summed E-state index contributed by atoms with van der Waals surface area (Å²) in [7, 11) is -0.501. The Bertz CT molecular complexity index is 190. The van der Waals surface area contributed by atoms with Crippen molar-refractivity contribution in [3.05, 3.63) is 0 Å². The van der Waals surface area contributed by atoms with E-state index in [1.165, 1.54) is 0 Å². The van der Waals surface area contributed by atoms with E-state index in [2.05, 4.69) is 0 Å². The van der Waals surface area contributed by atoms with Crippen molar-refractivity contribution in [2.24, 2.45) is 0 Å². The van der Waals surface area contributed by atoms with Crippen LogP contribution in [0.25, 0.3) is 0 Å². The zero-order valence-corrected chi connectivity index (χ0v) is 9.01. The van der Waals surface area contributed by atoms with Gasteiger partial charge in [0.05, 0.1) is 0 Å². The van der Waals surface area contributed by atoms with E-state index in [1.54, 1.807) is 11.8 Å². The molecule has 1 fully saturated rings. The van der Waals surface area contributed by atoms with Crippen LogP contribution in [0.1, 0.15) is 0 Å². The molecule has 0 saturated carbocycles. The van der Waals surface area contributed by atoms with Gasteiger partial charge in [-0.3, -0.25) is 0 Å². The summed E-state index contributed by atoms with van der Waals surface area (Å²) in [6.07, 6.45) is -4.94. The summed E-state index contributed by atoms with van der Waals surface area (Å²) in [5, 5.41) is 17.7. The highest BCUT2D eigenvalue weighted by molar-refractivity contribution is 8.05. The number of hydrogen-bond acceptors (Lipinski definition) is 3. The minimum absolute atomic E-state index is 0.501. The molecule has 2 N–H and O–H groups in total. The van der Waals surface area contributed by atoms with Crippen molar-refractivity contribution in [1.82, 2.24) is 0 Å². The average Bonchev–Trinajstić information content (AvgIpc) is 2.03. The highest BCUT2D eigenvalue weighted by Crippen LogP contribution is 2.30. The Labute approximate surface area is 87.2 Å². The number of hydrogen-bond donors (Lipinski definition) is 2. The lowest BCUT2D eigenvalue weighted by Crippen LogP contribution is -2.51. The van der Waals surface area contributed by atoms with E-state index >= 15 is 0 Å². The third-order valence-corrected chi connectivity index (χ3v) is 5.77. The Morgan fingerprint density at radius 3 is 2.07 bits per heavy atom. The summed E-state index contributed by atoms with van der Waals surface area (Å²) in [6.45, 7) is 0. The van der Waals surface area contributed by atoms with Crippen molar-refractivity contribution in [3.63, 3.8) is 0 Å². The fourth-order valence-electron chi connectivity index (χ4n) is 1.07. The number of alkyl halides is 3. The van der Waals surface area contributed by atoms with Crippen LogP contribution in [0.3, 0.4) is 0 Å². The minimum Gasteiger partial charge on any atom is -0.355 e. The van der Waals surface area contributed by atoms with Crippen molar-refractivity contribution in [2.75, 3.05) is 28.8 Å². The van der Waals surface area contributed by atoms with Gasteiger partial charge in [-0.15, -0.1) is 0 Å². The van der Waals surface area contributed by atoms with Gasteiger partial charge in [0.15, 0.2) is 5.75 Å².